The number of carbonyl (C=O) groups excluding carboxylic acids is 1. The Hall–Kier alpha value is -1.30. The lowest BCUT2D eigenvalue weighted by Gasteiger charge is -2.08. The second-order valence-electron chi connectivity index (χ2n) is 4.07. The van der Waals surface area contributed by atoms with Gasteiger partial charge in [0.2, 0.25) is 5.91 Å². The van der Waals surface area contributed by atoms with Gasteiger partial charge in [-0.15, -0.1) is 0 Å². The normalized spacial score (nSPS) is 11.8. The maximum absolute atomic E-state index is 11.2. The van der Waals surface area contributed by atoms with Gasteiger partial charge in [-0.25, -0.2) is 0 Å². The number of nitrogens with two attached hydrogens (primary N) is 1. The second kappa shape index (κ2) is 8.96. The van der Waals surface area contributed by atoms with Gasteiger partial charge in [0.15, 0.2) is 0 Å². The van der Waals surface area contributed by atoms with Crippen molar-refractivity contribution in [2.45, 2.75) is 26.7 Å². The Balaban J connectivity index is 3.34. The van der Waals surface area contributed by atoms with E-state index in [1.807, 2.05) is 13.8 Å². The highest BCUT2D eigenvalue weighted by atomic mass is 16.4. The molecule has 0 aromatic heterocycles. The first-order valence-corrected chi connectivity index (χ1v) is 5.50. The van der Waals surface area contributed by atoms with E-state index in [1.54, 1.807) is 0 Å². The third kappa shape index (κ3) is 9.26. The fourth-order valence-corrected chi connectivity index (χ4v) is 1.03. The molecule has 0 rings (SSSR count). The lowest BCUT2D eigenvalue weighted by molar-refractivity contribution is -0.120. The molecule has 0 aromatic rings. The van der Waals surface area contributed by atoms with Crippen LogP contribution < -0.4 is 16.4 Å². The number of nitrogens with zero attached hydrogens (tertiary/aromatic N) is 1. The summed E-state index contributed by atoms with van der Waals surface area (Å²) in [5.41, 5.74) is 5.29. The van der Waals surface area contributed by atoms with Crippen molar-refractivity contribution >= 4 is 11.7 Å². The van der Waals surface area contributed by atoms with E-state index in [-0.39, 0.29) is 11.7 Å². The van der Waals surface area contributed by atoms with Gasteiger partial charge < -0.3 is 21.6 Å². The molecule has 0 atom stereocenters. The zero-order valence-corrected chi connectivity index (χ0v) is 9.99. The van der Waals surface area contributed by atoms with Gasteiger partial charge >= 0.3 is 0 Å². The van der Waals surface area contributed by atoms with E-state index in [0.717, 1.165) is 6.42 Å². The van der Waals surface area contributed by atoms with Gasteiger partial charge in [-0.2, -0.15) is 0 Å². The topological polar surface area (TPSA) is 99.7 Å². The quantitative estimate of drug-likeness (QED) is 0.153. The van der Waals surface area contributed by atoms with E-state index in [1.165, 1.54) is 0 Å². The zero-order valence-electron chi connectivity index (χ0n) is 9.99. The zero-order chi connectivity index (χ0) is 12.4. The Bertz CT molecular complexity index is 229. The van der Waals surface area contributed by atoms with Gasteiger partial charge in [0.05, 0.1) is 6.54 Å². The molecule has 6 nitrogen and oxygen atoms in total. The molecule has 16 heavy (non-hydrogen) atoms. The maximum Gasteiger partial charge on any atom is 0.233 e. The largest absolute Gasteiger partial charge is 0.409 e. The lowest BCUT2D eigenvalue weighted by atomic mass is 10.2. The molecule has 0 unspecified atom stereocenters. The maximum atomic E-state index is 11.2. The molecule has 0 spiro atoms. The SMILES string of the molecule is CC(C)CNC(=O)CNCCCC(N)=NO. The minimum atomic E-state index is -0.00232. The number of nitrogens with one attached hydrogen (secondary N) is 2. The molecule has 0 saturated carbocycles. The first-order valence-electron chi connectivity index (χ1n) is 5.50. The highest BCUT2D eigenvalue weighted by Gasteiger charge is 2.01. The van der Waals surface area contributed by atoms with Gasteiger partial charge in [-0.05, 0) is 18.9 Å². The summed E-state index contributed by atoms with van der Waals surface area (Å²) < 4.78 is 0. The summed E-state index contributed by atoms with van der Waals surface area (Å²) in [6, 6.07) is 0. The van der Waals surface area contributed by atoms with Crippen molar-refractivity contribution in [1.29, 1.82) is 0 Å². The number of amidine groups is 1. The minimum absolute atomic E-state index is 0.00232. The van der Waals surface area contributed by atoms with Crippen molar-refractivity contribution in [3.05, 3.63) is 0 Å². The lowest BCUT2D eigenvalue weighted by Crippen LogP contribution is -2.36. The average molecular weight is 230 g/mol. The van der Waals surface area contributed by atoms with E-state index < -0.39 is 0 Å². The monoisotopic (exact) mass is 230 g/mol. The van der Waals surface area contributed by atoms with Crippen molar-refractivity contribution in [1.82, 2.24) is 10.6 Å². The Kier molecular flexibility index (Phi) is 8.24. The number of rotatable bonds is 8. The van der Waals surface area contributed by atoms with Gasteiger partial charge in [-0.1, -0.05) is 19.0 Å². The van der Waals surface area contributed by atoms with Crippen LogP contribution >= 0.6 is 0 Å². The number of amides is 1. The van der Waals surface area contributed by atoms with Crippen LogP contribution in [0.3, 0.4) is 0 Å². The molecule has 94 valence electrons. The molecule has 0 radical (unpaired) electrons. The molecule has 5 N–H and O–H groups in total. The summed E-state index contributed by atoms with van der Waals surface area (Å²) in [5.74, 6) is 0.674. The minimum Gasteiger partial charge on any atom is -0.409 e. The van der Waals surface area contributed by atoms with E-state index >= 15 is 0 Å². The molecule has 0 aliphatic rings. The van der Waals surface area contributed by atoms with Crippen molar-refractivity contribution in [2.24, 2.45) is 16.8 Å². The van der Waals surface area contributed by atoms with Crippen LogP contribution in [-0.4, -0.2) is 36.6 Å². The van der Waals surface area contributed by atoms with Gasteiger partial charge in [0.25, 0.3) is 0 Å². The predicted octanol–water partition coefficient (Wildman–Crippen LogP) is -0.125. The van der Waals surface area contributed by atoms with Crippen LogP contribution in [-0.2, 0) is 4.79 Å². The van der Waals surface area contributed by atoms with Crippen LogP contribution in [0, 0.1) is 5.92 Å². The number of oxime groups is 1. The van der Waals surface area contributed by atoms with E-state index in [9.17, 15) is 4.79 Å². The van der Waals surface area contributed by atoms with Crippen LogP contribution in [0.15, 0.2) is 5.16 Å². The third-order valence-corrected chi connectivity index (χ3v) is 1.91. The summed E-state index contributed by atoms with van der Waals surface area (Å²) in [6.07, 6.45) is 1.27. The first-order chi connectivity index (χ1) is 7.56. The summed E-state index contributed by atoms with van der Waals surface area (Å²) in [6.45, 7) is 5.77. The summed E-state index contributed by atoms with van der Waals surface area (Å²) in [5, 5.41) is 16.9. The molecular weight excluding hydrogens is 208 g/mol. The summed E-state index contributed by atoms with van der Waals surface area (Å²) >= 11 is 0. The molecule has 0 aliphatic heterocycles. The van der Waals surface area contributed by atoms with Crippen molar-refractivity contribution in [3.63, 3.8) is 0 Å². The van der Waals surface area contributed by atoms with Crippen LogP contribution in [0.5, 0.6) is 0 Å². The van der Waals surface area contributed by atoms with E-state index in [0.29, 0.717) is 32.0 Å². The molecule has 0 aromatic carbocycles. The molecule has 0 bridgehead atoms. The van der Waals surface area contributed by atoms with E-state index in [4.69, 9.17) is 10.9 Å². The Morgan fingerprint density at radius 3 is 2.75 bits per heavy atom. The Labute approximate surface area is 96.3 Å². The molecule has 6 heteroatoms. The van der Waals surface area contributed by atoms with Gasteiger partial charge in [0, 0.05) is 13.0 Å². The van der Waals surface area contributed by atoms with Crippen LogP contribution in [0.25, 0.3) is 0 Å². The highest BCUT2D eigenvalue weighted by molar-refractivity contribution is 5.79. The molecule has 0 saturated heterocycles. The third-order valence-electron chi connectivity index (χ3n) is 1.91. The molecular formula is C10H22N4O2. The molecule has 1 amide bonds. The van der Waals surface area contributed by atoms with Gasteiger partial charge in [-0.3, -0.25) is 4.79 Å². The molecule has 0 aliphatic carbocycles. The highest BCUT2D eigenvalue weighted by Crippen LogP contribution is 1.87. The summed E-state index contributed by atoms with van der Waals surface area (Å²) in [4.78, 5) is 11.2. The van der Waals surface area contributed by atoms with Crippen LogP contribution in [0.1, 0.15) is 26.7 Å². The fourth-order valence-electron chi connectivity index (χ4n) is 1.03. The summed E-state index contributed by atoms with van der Waals surface area (Å²) in [7, 11) is 0. The Morgan fingerprint density at radius 2 is 2.19 bits per heavy atom. The first kappa shape index (κ1) is 14.7. The fraction of sp³-hybridized carbons (Fsp3) is 0.800. The average Bonchev–Trinajstić information content (AvgIpc) is 2.25. The second-order valence-corrected chi connectivity index (χ2v) is 4.07. The Morgan fingerprint density at radius 1 is 1.50 bits per heavy atom. The number of hydrogen-bond acceptors (Lipinski definition) is 4. The smallest absolute Gasteiger partial charge is 0.233 e. The van der Waals surface area contributed by atoms with Crippen LogP contribution in [0.4, 0.5) is 0 Å². The number of carbonyl (C=O) groups is 1. The molecule has 0 fully saturated rings. The van der Waals surface area contributed by atoms with Crippen LogP contribution in [0.2, 0.25) is 0 Å². The van der Waals surface area contributed by atoms with Crippen molar-refractivity contribution in [2.75, 3.05) is 19.6 Å². The van der Waals surface area contributed by atoms with Crippen molar-refractivity contribution < 1.29 is 10.0 Å². The molecule has 0 heterocycles. The van der Waals surface area contributed by atoms with E-state index in [2.05, 4.69) is 15.8 Å². The number of hydrogen-bond donors (Lipinski definition) is 4. The standard InChI is InChI=1S/C10H22N4O2/c1-8(2)6-13-10(15)7-12-5-3-4-9(11)14-16/h8,12,16H,3-7H2,1-2H3,(H2,11,14)(H,13,15). The van der Waals surface area contributed by atoms with Gasteiger partial charge in [0.1, 0.15) is 5.84 Å². The predicted molar refractivity (Wildman–Crippen MR) is 63.4 cm³/mol. The van der Waals surface area contributed by atoms with Crippen molar-refractivity contribution in [3.8, 4) is 0 Å².